The smallest absolute Gasteiger partial charge is 0.374 e. The molecule has 2 heterocycles. The van der Waals surface area contributed by atoms with Gasteiger partial charge in [-0.05, 0) is 19.1 Å². The molecule has 0 spiro atoms. The number of carbonyl (C=O) groups excluding carboxylic acids is 3. The van der Waals surface area contributed by atoms with Crippen molar-refractivity contribution in [2.75, 3.05) is 13.7 Å². The third-order valence-electron chi connectivity index (χ3n) is 3.54. The minimum Gasteiger partial charge on any atom is -0.480 e. The fourth-order valence-corrected chi connectivity index (χ4v) is 2.46. The lowest BCUT2D eigenvalue weighted by Crippen LogP contribution is -2.21. The van der Waals surface area contributed by atoms with Gasteiger partial charge in [0, 0.05) is 6.07 Å². The van der Waals surface area contributed by atoms with Gasteiger partial charge < -0.3 is 13.9 Å². The molecule has 3 rings (SSSR count). The van der Waals surface area contributed by atoms with E-state index < -0.39 is 17.2 Å². The predicted octanol–water partition coefficient (Wildman–Crippen LogP) is 1.60. The number of ketones is 1. The Balaban J connectivity index is 2.32. The Morgan fingerprint density at radius 1 is 1.32 bits per heavy atom. The third kappa shape index (κ3) is 2.54. The average molecular weight is 341 g/mol. The predicted molar refractivity (Wildman–Crippen MR) is 86.1 cm³/mol. The molecule has 0 atom stereocenters. The summed E-state index contributed by atoms with van der Waals surface area (Å²) in [6.07, 6.45) is 0. The number of carbonyl (C=O) groups is 2. The molecular formula is C17H11NO7. The Hall–Kier alpha value is -3.51. The molecule has 126 valence electrons. The average Bonchev–Trinajstić information content (AvgIpc) is 2.60. The van der Waals surface area contributed by atoms with Crippen molar-refractivity contribution in [3.8, 4) is 0 Å². The maximum atomic E-state index is 12.5. The molecule has 8 heteroatoms. The van der Waals surface area contributed by atoms with Crippen molar-refractivity contribution in [1.29, 1.82) is 0 Å². The Morgan fingerprint density at radius 3 is 2.72 bits per heavy atom. The van der Waals surface area contributed by atoms with E-state index in [0.29, 0.717) is 0 Å². The molecule has 0 saturated carbocycles. The Kier molecular flexibility index (Phi) is 4.04. The second kappa shape index (κ2) is 6.18. The van der Waals surface area contributed by atoms with Gasteiger partial charge in [0.2, 0.25) is 17.4 Å². The molecule has 0 saturated heterocycles. The van der Waals surface area contributed by atoms with E-state index in [1.54, 1.807) is 6.92 Å². The van der Waals surface area contributed by atoms with Gasteiger partial charge in [-0.15, -0.1) is 0 Å². The molecule has 1 aliphatic heterocycles. The lowest BCUT2D eigenvalue weighted by Gasteiger charge is -2.15. The van der Waals surface area contributed by atoms with Gasteiger partial charge in [-0.1, -0.05) is 0 Å². The zero-order valence-electron chi connectivity index (χ0n) is 13.2. The summed E-state index contributed by atoms with van der Waals surface area (Å²) in [4.78, 5) is 51.6. The monoisotopic (exact) mass is 341 g/mol. The van der Waals surface area contributed by atoms with Crippen LogP contribution < -0.4 is 5.43 Å². The molecule has 0 aliphatic carbocycles. The van der Waals surface area contributed by atoms with Gasteiger partial charge in [0.25, 0.3) is 0 Å². The summed E-state index contributed by atoms with van der Waals surface area (Å²) in [6.45, 7) is 1.75. The van der Waals surface area contributed by atoms with E-state index in [-0.39, 0.29) is 46.1 Å². The number of rotatable bonds is 2. The zero-order valence-corrected chi connectivity index (χ0v) is 13.2. The molecule has 0 amide bonds. The molecule has 0 N–H and O–H groups in total. The first-order valence-electron chi connectivity index (χ1n) is 7.22. The van der Waals surface area contributed by atoms with Crippen LogP contribution in [0.25, 0.3) is 11.0 Å². The van der Waals surface area contributed by atoms with E-state index in [2.05, 4.69) is 4.99 Å². The van der Waals surface area contributed by atoms with E-state index in [1.807, 2.05) is 0 Å². The maximum Gasteiger partial charge on any atom is 0.374 e. The van der Waals surface area contributed by atoms with Crippen molar-refractivity contribution < 1.29 is 28.3 Å². The minimum absolute atomic E-state index is 0.00148. The number of ether oxygens (including phenoxy) is 2. The van der Waals surface area contributed by atoms with Crippen LogP contribution in [0.3, 0.4) is 0 Å². The van der Waals surface area contributed by atoms with Crippen molar-refractivity contribution in [2.45, 2.75) is 6.92 Å². The fraction of sp³-hybridized carbons (Fsp3) is 0.176. The zero-order chi connectivity index (χ0) is 18.1. The largest absolute Gasteiger partial charge is 0.480 e. The van der Waals surface area contributed by atoms with Crippen LogP contribution in [0, 0.1) is 0 Å². The first-order valence-corrected chi connectivity index (χ1v) is 7.22. The molecule has 2 aromatic rings. The summed E-state index contributed by atoms with van der Waals surface area (Å²) in [5, 5.41) is -0.00148. The highest BCUT2D eigenvalue weighted by atomic mass is 16.5. The van der Waals surface area contributed by atoms with Gasteiger partial charge in [0.15, 0.2) is 11.0 Å². The standard InChI is InChI=1S/C17H11NO7/c1-3-24-17(22)12-6-10(20)13-11(25-12)5-4-8-14(13)18-16(23-2)9(7-19)15(8)21/h4-6H,3H2,1-2H3. The van der Waals surface area contributed by atoms with Crippen molar-refractivity contribution in [1.82, 2.24) is 0 Å². The summed E-state index contributed by atoms with van der Waals surface area (Å²) in [5.41, 5.74) is -0.821. The molecular weight excluding hydrogens is 330 g/mol. The molecule has 1 aromatic heterocycles. The summed E-state index contributed by atoms with van der Waals surface area (Å²) in [6, 6.07) is 3.68. The summed E-state index contributed by atoms with van der Waals surface area (Å²) in [7, 11) is 1.24. The number of nitrogens with zero attached hydrogens (tertiary/aromatic N) is 1. The maximum absolute atomic E-state index is 12.5. The number of benzene rings is 1. The van der Waals surface area contributed by atoms with Crippen molar-refractivity contribution >= 4 is 40.2 Å². The van der Waals surface area contributed by atoms with Crippen LogP contribution >= 0.6 is 0 Å². The van der Waals surface area contributed by atoms with E-state index in [0.717, 1.165) is 6.07 Å². The Morgan fingerprint density at radius 2 is 2.08 bits per heavy atom. The van der Waals surface area contributed by atoms with Crippen LogP contribution in [0.4, 0.5) is 5.69 Å². The van der Waals surface area contributed by atoms with E-state index in [4.69, 9.17) is 13.9 Å². The molecule has 1 aromatic carbocycles. The van der Waals surface area contributed by atoms with Gasteiger partial charge in [-0.3, -0.25) is 9.59 Å². The summed E-state index contributed by atoms with van der Waals surface area (Å²) in [5.74, 6) is -0.440. The summed E-state index contributed by atoms with van der Waals surface area (Å²) >= 11 is 0. The highest BCUT2D eigenvalue weighted by molar-refractivity contribution is 6.35. The van der Waals surface area contributed by atoms with Gasteiger partial charge >= 0.3 is 5.97 Å². The number of hydrogen-bond donors (Lipinski definition) is 0. The van der Waals surface area contributed by atoms with Crippen LogP contribution in [0.5, 0.6) is 0 Å². The second-order valence-electron chi connectivity index (χ2n) is 4.96. The van der Waals surface area contributed by atoms with E-state index in [9.17, 15) is 19.2 Å². The van der Waals surface area contributed by atoms with Crippen molar-refractivity contribution in [3.63, 3.8) is 0 Å². The van der Waals surface area contributed by atoms with Gasteiger partial charge in [-0.2, -0.15) is 0 Å². The Labute approximate surface area is 140 Å². The topological polar surface area (TPSA) is 112 Å². The number of aliphatic imine (C=N–C) groups is 1. The number of Topliss-reactive ketones (excluding diaryl/α,β-unsaturated/α-hetero) is 1. The van der Waals surface area contributed by atoms with Gasteiger partial charge in [-0.25, -0.2) is 14.6 Å². The van der Waals surface area contributed by atoms with Crippen molar-refractivity contribution in [2.24, 2.45) is 4.99 Å². The van der Waals surface area contributed by atoms with Crippen LogP contribution in [0.2, 0.25) is 0 Å². The normalized spacial score (nSPS) is 13.1. The van der Waals surface area contributed by atoms with Crippen molar-refractivity contribution in [3.05, 3.63) is 45.3 Å². The second-order valence-corrected chi connectivity index (χ2v) is 4.96. The molecule has 0 unspecified atom stereocenters. The molecule has 8 nitrogen and oxygen atoms in total. The fourth-order valence-electron chi connectivity index (χ4n) is 2.46. The Bertz CT molecular complexity index is 1050. The number of fused-ring (bicyclic) bond motifs is 3. The highest BCUT2D eigenvalue weighted by Gasteiger charge is 2.30. The number of hydrogen-bond acceptors (Lipinski definition) is 8. The SMILES string of the molecule is CCOC(=O)c1cc(=O)c2c3c(ccc2o1)C(=O)C(=C=O)C(OC)=N3. The molecule has 25 heavy (non-hydrogen) atoms. The quantitative estimate of drug-likeness (QED) is 0.463. The van der Waals surface area contributed by atoms with Crippen LogP contribution in [0.1, 0.15) is 27.8 Å². The van der Waals surface area contributed by atoms with Gasteiger partial charge in [0.05, 0.1) is 30.4 Å². The van der Waals surface area contributed by atoms with E-state index >= 15 is 0 Å². The molecule has 0 bridgehead atoms. The van der Waals surface area contributed by atoms with Gasteiger partial charge in [0.1, 0.15) is 11.5 Å². The van der Waals surface area contributed by atoms with Crippen LogP contribution in [0.15, 0.2) is 38.0 Å². The summed E-state index contributed by atoms with van der Waals surface area (Å²) < 4.78 is 15.1. The molecule has 1 aliphatic rings. The minimum atomic E-state index is -0.775. The van der Waals surface area contributed by atoms with Crippen LogP contribution in [-0.2, 0) is 14.3 Å². The first kappa shape index (κ1) is 16.4. The van der Waals surface area contributed by atoms with Crippen LogP contribution in [-0.4, -0.2) is 37.3 Å². The molecule has 0 radical (unpaired) electrons. The number of methoxy groups -OCH3 is 1. The third-order valence-corrected chi connectivity index (χ3v) is 3.54. The highest BCUT2D eigenvalue weighted by Crippen LogP contribution is 2.34. The first-order chi connectivity index (χ1) is 12.0. The lowest BCUT2D eigenvalue weighted by molar-refractivity contribution is 0.0490. The molecule has 0 fully saturated rings. The lowest BCUT2D eigenvalue weighted by atomic mass is 9.97. The van der Waals surface area contributed by atoms with E-state index in [1.165, 1.54) is 25.2 Å². The number of esters is 1.